The summed E-state index contributed by atoms with van der Waals surface area (Å²) in [6.45, 7) is -3.99. The summed E-state index contributed by atoms with van der Waals surface area (Å²) in [5.41, 5.74) is -2.27. The van der Waals surface area contributed by atoms with Crippen LogP contribution in [0.15, 0.2) is 66.6 Å². The summed E-state index contributed by atoms with van der Waals surface area (Å²) in [5, 5.41) is 1.13. The van der Waals surface area contributed by atoms with E-state index >= 15 is 0 Å². The van der Waals surface area contributed by atoms with E-state index in [4.69, 9.17) is 17.8 Å². The molecular weight excluding hydrogens is 335 g/mol. The van der Waals surface area contributed by atoms with E-state index in [1.165, 1.54) is 0 Å². The molecule has 26 heavy (non-hydrogen) atoms. The largest absolute Gasteiger partial charge is 0.416 e. The summed E-state index contributed by atoms with van der Waals surface area (Å²) in [4.78, 5) is 0. The lowest BCUT2D eigenvalue weighted by molar-refractivity contribution is -0.137. The zero-order chi connectivity index (χ0) is 29.9. The van der Waals surface area contributed by atoms with Crippen LogP contribution in [0.3, 0.4) is 0 Å². The van der Waals surface area contributed by atoms with E-state index in [0.29, 0.717) is 6.07 Å². The van der Waals surface area contributed by atoms with Gasteiger partial charge in [-0.3, -0.25) is 0 Å². The molecule has 0 spiro atoms. The van der Waals surface area contributed by atoms with Crippen LogP contribution in [0, 0.1) is 0 Å². The fourth-order valence-corrected chi connectivity index (χ4v) is 2.29. The highest BCUT2D eigenvalue weighted by Gasteiger charge is 2.30. The highest BCUT2D eigenvalue weighted by molar-refractivity contribution is 5.86. The van der Waals surface area contributed by atoms with Gasteiger partial charge in [-0.1, -0.05) is 60.5 Å². The fourth-order valence-electron chi connectivity index (χ4n) is 2.29. The summed E-state index contributed by atoms with van der Waals surface area (Å²) < 4.78 is 146. The third-order valence-electron chi connectivity index (χ3n) is 3.51. The van der Waals surface area contributed by atoms with Crippen LogP contribution < -0.4 is 5.32 Å². The number of aryl methyl sites for hydroxylation is 1. The molecule has 0 amide bonds. The third kappa shape index (κ3) is 4.44. The van der Waals surface area contributed by atoms with Gasteiger partial charge >= 0.3 is 6.18 Å². The highest BCUT2D eigenvalue weighted by Crippen LogP contribution is 2.29. The van der Waals surface area contributed by atoms with E-state index in [0.717, 1.165) is 18.2 Å². The number of benzene rings is 3. The first kappa shape index (κ1) is 8.13. The molecule has 0 aliphatic carbocycles. The van der Waals surface area contributed by atoms with Gasteiger partial charge < -0.3 is 5.32 Å². The molecule has 3 rings (SSSR count). The Morgan fingerprint density at radius 2 is 2.00 bits per heavy atom. The van der Waals surface area contributed by atoms with Crippen molar-refractivity contribution in [1.82, 2.24) is 5.32 Å². The van der Waals surface area contributed by atoms with Crippen LogP contribution in [0.1, 0.15) is 53.8 Å². The molecule has 0 fully saturated rings. The van der Waals surface area contributed by atoms with Crippen molar-refractivity contribution in [3.8, 4) is 0 Å². The molecule has 0 unspecified atom stereocenters. The fraction of sp³-hybridized carbons (Fsp3) is 0.273. The molecule has 0 saturated heterocycles. The normalized spacial score (nSPS) is 22.5. The Kier molecular flexibility index (Phi) is 2.48. The second kappa shape index (κ2) is 7.92. The van der Waals surface area contributed by atoms with Crippen molar-refractivity contribution >= 4 is 10.8 Å². The Labute approximate surface area is 170 Å². The molecule has 3 aromatic rings. The van der Waals surface area contributed by atoms with Gasteiger partial charge in [-0.25, -0.2) is 0 Å². The monoisotopic (exact) mass is 370 g/mol. The maximum absolute atomic E-state index is 13.1. The van der Waals surface area contributed by atoms with Crippen LogP contribution in [-0.2, 0) is 12.5 Å². The summed E-state index contributed by atoms with van der Waals surface area (Å²) in [5.74, 6) is 0. The molecule has 1 N–H and O–H groups in total. The SMILES string of the molecule is [2H]c1c([2H])c([2H])c2c([C@@]([2H])(NCCC([2H])([2H])c3cccc(C(F)(F)F)c3)C([2H])([2H])[2H])c([2H])c([2H])c([2H])c2c1[2H]. The first-order chi connectivity index (χ1) is 17.7. The number of hydrogen-bond donors (Lipinski definition) is 1. The van der Waals surface area contributed by atoms with Gasteiger partial charge in [0.05, 0.1) is 16.5 Å². The lowest BCUT2D eigenvalue weighted by atomic mass is 9.99. The number of alkyl halides is 3. The maximum Gasteiger partial charge on any atom is 0.416 e. The molecule has 0 aromatic heterocycles. The van der Waals surface area contributed by atoms with Crippen molar-refractivity contribution in [1.29, 1.82) is 0 Å². The quantitative estimate of drug-likeness (QED) is 0.549. The summed E-state index contributed by atoms with van der Waals surface area (Å²) >= 11 is 0. The number of rotatable bonds is 6. The Hall–Kier alpha value is -2.33. The van der Waals surface area contributed by atoms with Crippen molar-refractivity contribution in [2.45, 2.75) is 31.8 Å². The number of nitrogens with one attached hydrogen (secondary N) is 1. The van der Waals surface area contributed by atoms with Gasteiger partial charge in [-0.15, -0.1) is 0 Å². The van der Waals surface area contributed by atoms with E-state index in [2.05, 4.69) is 5.32 Å². The third-order valence-corrected chi connectivity index (χ3v) is 3.51. The second-order valence-corrected chi connectivity index (χ2v) is 5.31. The predicted octanol–water partition coefficient (Wildman–Crippen LogP) is 6.14. The molecule has 4 heteroatoms. The zero-order valence-electron chi connectivity index (χ0n) is 26.4. The van der Waals surface area contributed by atoms with Gasteiger partial charge in [0.2, 0.25) is 0 Å². The van der Waals surface area contributed by atoms with Gasteiger partial charge in [-0.2, -0.15) is 13.2 Å². The van der Waals surface area contributed by atoms with Crippen molar-refractivity contribution in [3.05, 3.63) is 83.3 Å². The minimum atomic E-state index is -4.73. The van der Waals surface area contributed by atoms with Crippen molar-refractivity contribution in [2.24, 2.45) is 0 Å². The second-order valence-electron chi connectivity index (χ2n) is 5.31. The smallest absolute Gasteiger partial charge is 0.310 e. The maximum atomic E-state index is 13.1. The molecule has 136 valence electrons. The first-order valence-corrected chi connectivity index (χ1v) is 7.60. The van der Waals surface area contributed by atoms with Crippen molar-refractivity contribution < 1.29 is 31.0 Å². The van der Waals surface area contributed by atoms with Crippen molar-refractivity contribution in [2.75, 3.05) is 6.54 Å². The molecule has 0 radical (unpaired) electrons. The van der Waals surface area contributed by atoms with Crippen molar-refractivity contribution in [3.63, 3.8) is 0 Å². The van der Waals surface area contributed by atoms with E-state index in [-0.39, 0.29) is 5.56 Å². The Bertz CT molecular complexity index is 1430. The number of hydrogen-bond acceptors (Lipinski definition) is 1. The standard InChI is InChI=1S/C22H22F3N/c1-16(20-13-5-10-18-9-2-3-12-21(18)20)26-14-6-8-17-7-4-11-19(15-17)22(23,24)25/h2-5,7,9-13,15-16,26H,6,8,14H2,1H3/t16-/m0/s1/i1D3,2D,3D,5D,8D2,9D,10D,12D,13D,16D. The highest BCUT2D eigenvalue weighted by atomic mass is 19.4. The van der Waals surface area contributed by atoms with Crippen LogP contribution >= 0.6 is 0 Å². The van der Waals surface area contributed by atoms with Crippen LogP contribution in [0.2, 0.25) is 0 Å². The van der Waals surface area contributed by atoms with E-state index in [1.807, 2.05) is 0 Å². The van der Waals surface area contributed by atoms with E-state index in [9.17, 15) is 13.2 Å². The Morgan fingerprint density at radius 1 is 1.19 bits per heavy atom. The molecule has 1 atom stereocenters. The first-order valence-electron chi connectivity index (χ1n) is 14.1. The van der Waals surface area contributed by atoms with E-state index < -0.39 is 103 Å². The average molecular weight is 370 g/mol. The lowest BCUT2D eigenvalue weighted by Crippen LogP contribution is -2.20. The molecular formula is C22H22F3N. The predicted molar refractivity (Wildman–Crippen MR) is 100 cm³/mol. The molecule has 0 aliphatic rings. The van der Waals surface area contributed by atoms with Crippen LogP contribution in [0.25, 0.3) is 10.8 Å². The van der Waals surface area contributed by atoms with Crippen LogP contribution in [0.5, 0.6) is 0 Å². The molecule has 3 aromatic carbocycles. The average Bonchev–Trinajstić information content (AvgIpc) is 2.83. The zero-order valence-corrected chi connectivity index (χ0v) is 13.4. The minimum Gasteiger partial charge on any atom is -0.310 e. The summed E-state index contributed by atoms with van der Waals surface area (Å²) in [6.07, 6.45) is -7.78. The van der Waals surface area contributed by atoms with Gasteiger partial charge in [0.1, 0.15) is 0 Å². The molecule has 0 aliphatic heterocycles. The molecule has 0 heterocycles. The minimum absolute atomic E-state index is 0.351. The Morgan fingerprint density at radius 3 is 2.81 bits per heavy atom. The number of halogens is 3. The van der Waals surface area contributed by atoms with Crippen LogP contribution in [0.4, 0.5) is 13.2 Å². The topological polar surface area (TPSA) is 12.0 Å². The van der Waals surface area contributed by atoms with E-state index in [1.54, 1.807) is 0 Å². The lowest BCUT2D eigenvalue weighted by Gasteiger charge is -2.17. The van der Waals surface area contributed by atoms with Gasteiger partial charge in [0.25, 0.3) is 0 Å². The van der Waals surface area contributed by atoms with Gasteiger partial charge in [0.15, 0.2) is 0 Å². The molecule has 0 saturated carbocycles. The molecule has 1 nitrogen and oxygen atoms in total. The summed E-state index contributed by atoms with van der Waals surface area (Å²) in [7, 11) is 0. The molecule has 0 bridgehead atoms. The van der Waals surface area contributed by atoms with Crippen LogP contribution in [-0.4, -0.2) is 6.54 Å². The summed E-state index contributed by atoms with van der Waals surface area (Å²) in [6, 6.07) is -5.29. The number of fused-ring (bicyclic) bond motifs is 1. The Balaban J connectivity index is 2.15. The van der Waals surface area contributed by atoms with Gasteiger partial charge in [0, 0.05) is 12.9 Å². The van der Waals surface area contributed by atoms with Gasteiger partial charge in [-0.05, 0) is 54.2 Å².